The summed E-state index contributed by atoms with van der Waals surface area (Å²) in [6.07, 6.45) is 9.72. The molecule has 1 aliphatic heterocycles. The summed E-state index contributed by atoms with van der Waals surface area (Å²) in [5.74, 6) is 0.208. The van der Waals surface area contributed by atoms with Crippen LogP contribution < -0.4 is 5.32 Å². The average molecular weight is 393 g/mol. The zero-order valence-corrected chi connectivity index (χ0v) is 17.6. The molecule has 27 heavy (non-hydrogen) atoms. The summed E-state index contributed by atoms with van der Waals surface area (Å²) < 4.78 is 5.47. The van der Waals surface area contributed by atoms with E-state index < -0.39 is 0 Å². The topological polar surface area (TPSA) is 77.7 Å². The summed E-state index contributed by atoms with van der Waals surface area (Å²) in [5, 5.41) is 13.8. The highest BCUT2D eigenvalue weighted by atomic mass is 32.2. The number of thioether (sulfide) groups is 1. The molecule has 0 spiro atoms. The number of hydrogen-bond donors (Lipinski definition) is 1. The van der Waals surface area contributed by atoms with Crippen LogP contribution in [0.5, 0.6) is 0 Å². The van der Waals surface area contributed by atoms with E-state index in [2.05, 4.69) is 23.3 Å². The first-order valence-corrected chi connectivity index (χ1v) is 10.8. The van der Waals surface area contributed by atoms with Crippen LogP contribution in [-0.4, -0.2) is 55.0 Å². The highest BCUT2D eigenvalue weighted by Gasteiger charge is 2.15. The molecule has 1 saturated heterocycles. The molecule has 0 aromatic rings. The minimum atomic E-state index is 0.208. The van der Waals surface area contributed by atoms with Crippen LogP contribution >= 0.6 is 11.8 Å². The first-order valence-electron chi connectivity index (χ1n) is 9.61. The summed E-state index contributed by atoms with van der Waals surface area (Å²) in [6.45, 7) is 7.36. The molecule has 0 aliphatic carbocycles. The molecule has 0 saturated carbocycles. The normalized spacial score (nSPS) is 17.3. The van der Waals surface area contributed by atoms with E-state index in [0.717, 1.165) is 36.4 Å². The van der Waals surface area contributed by atoms with Gasteiger partial charge in [0.1, 0.15) is 6.07 Å². The third-order valence-corrected chi connectivity index (χ3v) is 4.87. The summed E-state index contributed by atoms with van der Waals surface area (Å²) in [7, 11) is 0. The first-order chi connectivity index (χ1) is 13.1. The van der Waals surface area contributed by atoms with Crippen molar-refractivity contribution in [3.05, 3.63) is 23.5 Å². The van der Waals surface area contributed by atoms with Crippen LogP contribution in [0.15, 0.2) is 28.5 Å². The fraction of sp³-hybridized carbons (Fsp3) is 0.650. The van der Waals surface area contributed by atoms with Gasteiger partial charge in [0.05, 0.1) is 17.2 Å². The van der Waals surface area contributed by atoms with Crippen LogP contribution in [0.25, 0.3) is 0 Å². The van der Waals surface area contributed by atoms with Crippen LogP contribution in [0.4, 0.5) is 0 Å². The second-order valence-electron chi connectivity index (χ2n) is 6.29. The van der Waals surface area contributed by atoms with Gasteiger partial charge in [0, 0.05) is 44.6 Å². The standard InChI is InChI=1S/C20H32N4O2S/c1-4-5-8-19(18(15-21)16-23-17(2)27-3)22-10-7-11-24-12-14-26-13-6-9-20(24)25/h8,16,22H,4-7,9-14H2,1-3H3/b18-16-,19-8-,23-17?. The van der Waals surface area contributed by atoms with Gasteiger partial charge in [-0.3, -0.25) is 9.79 Å². The Bertz CT molecular complexity index is 593. The van der Waals surface area contributed by atoms with Crippen molar-refractivity contribution < 1.29 is 9.53 Å². The third kappa shape index (κ3) is 9.64. The number of amides is 1. The van der Waals surface area contributed by atoms with E-state index in [9.17, 15) is 10.1 Å². The molecule has 150 valence electrons. The lowest BCUT2D eigenvalue weighted by atomic mass is 10.1. The van der Waals surface area contributed by atoms with Crippen molar-refractivity contribution in [2.45, 2.75) is 46.0 Å². The molecule has 0 unspecified atom stereocenters. The molecule has 6 nitrogen and oxygen atoms in total. The van der Waals surface area contributed by atoms with E-state index in [1.807, 2.05) is 24.2 Å². The molecule has 1 fully saturated rings. The number of nitrogens with one attached hydrogen (secondary N) is 1. The van der Waals surface area contributed by atoms with E-state index in [1.165, 1.54) is 0 Å². The highest BCUT2D eigenvalue weighted by molar-refractivity contribution is 8.13. The minimum absolute atomic E-state index is 0.208. The number of nitrogens with zero attached hydrogens (tertiary/aromatic N) is 3. The lowest BCUT2D eigenvalue weighted by molar-refractivity contribution is -0.133. The Hall–Kier alpha value is -1.78. The number of rotatable bonds is 9. The molecule has 1 rings (SSSR count). The van der Waals surface area contributed by atoms with Gasteiger partial charge in [-0.1, -0.05) is 19.4 Å². The van der Waals surface area contributed by atoms with Crippen molar-refractivity contribution in [2.75, 3.05) is 39.1 Å². The smallest absolute Gasteiger partial charge is 0.222 e. The molecule has 0 bridgehead atoms. The van der Waals surface area contributed by atoms with Gasteiger partial charge in [0.15, 0.2) is 0 Å². The minimum Gasteiger partial charge on any atom is -0.384 e. The number of nitriles is 1. The molecule has 0 atom stereocenters. The van der Waals surface area contributed by atoms with Crippen LogP contribution in [0.3, 0.4) is 0 Å². The van der Waals surface area contributed by atoms with Gasteiger partial charge in [0.2, 0.25) is 5.91 Å². The Morgan fingerprint density at radius 3 is 3.00 bits per heavy atom. The number of aliphatic imine (C=N–C) groups is 1. The molecule has 1 heterocycles. The maximum absolute atomic E-state index is 12.1. The second kappa shape index (κ2) is 14.3. The molecule has 1 amide bonds. The van der Waals surface area contributed by atoms with E-state index >= 15 is 0 Å². The fourth-order valence-corrected chi connectivity index (χ4v) is 2.71. The second-order valence-corrected chi connectivity index (χ2v) is 7.29. The maximum Gasteiger partial charge on any atom is 0.222 e. The number of allylic oxidation sites excluding steroid dienone is 2. The molecular weight excluding hydrogens is 360 g/mol. The van der Waals surface area contributed by atoms with Gasteiger partial charge in [-0.05, 0) is 32.4 Å². The molecule has 7 heteroatoms. The molecular formula is C20H32N4O2S. The Kier molecular flexibility index (Phi) is 12.3. The lowest BCUT2D eigenvalue weighted by Gasteiger charge is -2.25. The zero-order chi connectivity index (χ0) is 19.9. The van der Waals surface area contributed by atoms with Gasteiger partial charge in [-0.2, -0.15) is 5.26 Å². The van der Waals surface area contributed by atoms with E-state index in [4.69, 9.17) is 4.74 Å². The Morgan fingerprint density at radius 2 is 2.30 bits per heavy atom. The highest BCUT2D eigenvalue weighted by Crippen LogP contribution is 2.10. The maximum atomic E-state index is 12.1. The summed E-state index contributed by atoms with van der Waals surface area (Å²) in [6, 6.07) is 2.24. The van der Waals surface area contributed by atoms with Crippen LogP contribution in [0.2, 0.25) is 0 Å². The van der Waals surface area contributed by atoms with E-state index in [1.54, 1.807) is 18.0 Å². The predicted molar refractivity (Wildman–Crippen MR) is 113 cm³/mol. The molecule has 0 radical (unpaired) electrons. The Labute approximate surface area is 167 Å². The lowest BCUT2D eigenvalue weighted by Crippen LogP contribution is -2.37. The molecule has 1 aliphatic rings. The van der Waals surface area contributed by atoms with Crippen molar-refractivity contribution >= 4 is 22.7 Å². The van der Waals surface area contributed by atoms with Crippen molar-refractivity contribution in [1.29, 1.82) is 5.26 Å². The molecule has 0 aromatic carbocycles. The number of unbranched alkanes of at least 4 members (excludes halogenated alkanes) is 1. The number of ether oxygens (including phenoxy) is 1. The SMILES string of the molecule is CCC/C=C(NCCCN1CCOCCCC1=O)/C(C#N)=C\N=C(C)SC. The third-order valence-electron chi connectivity index (χ3n) is 4.18. The van der Waals surface area contributed by atoms with E-state index in [-0.39, 0.29) is 5.91 Å². The van der Waals surface area contributed by atoms with Crippen LogP contribution in [0, 0.1) is 11.3 Å². The number of carbonyl (C=O) groups excluding carboxylic acids is 1. The van der Waals surface area contributed by atoms with Gasteiger partial charge in [-0.15, -0.1) is 11.8 Å². The number of carbonyl (C=O) groups is 1. The van der Waals surface area contributed by atoms with Gasteiger partial charge in [-0.25, -0.2) is 0 Å². The van der Waals surface area contributed by atoms with E-state index in [0.29, 0.717) is 44.8 Å². The fourth-order valence-electron chi connectivity index (χ4n) is 2.55. The Morgan fingerprint density at radius 1 is 1.48 bits per heavy atom. The van der Waals surface area contributed by atoms with Crippen LogP contribution in [-0.2, 0) is 9.53 Å². The van der Waals surface area contributed by atoms with Crippen molar-refractivity contribution in [2.24, 2.45) is 4.99 Å². The quantitative estimate of drug-likeness (QED) is 0.214. The van der Waals surface area contributed by atoms with Gasteiger partial charge >= 0.3 is 0 Å². The summed E-state index contributed by atoms with van der Waals surface area (Å²) in [4.78, 5) is 18.3. The molecule has 1 N–H and O–H groups in total. The van der Waals surface area contributed by atoms with Gasteiger partial charge < -0.3 is 15.0 Å². The summed E-state index contributed by atoms with van der Waals surface area (Å²) in [5.41, 5.74) is 1.35. The largest absolute Gasteiger partial charge is 0.384 e. The predicted octanol–water partition coefficient (Wildman–Crippen LogP) is 3.48. The monoisotopic (exact) mass is 392 g/mol. The first kappa shape index (κ1) is 23.3. The van der Waals surface area contributed by atoms with Crippen molar-refractivity contribution in [3.63, 3.8) is 0 Å². The van der Waals surface area contributed by atoms with Crippen LogP contribution in [0.1, 0.15) is 46.0 Å². The zero-order valence-electron chi connectivity index (χ0n) is 16.8. The Balaban J connectivity index is 2.61. The average Bonchev–Trinajstić information content (AvgIpc) is 2.67. The van der Waals surface area contributed by atoms with Gasteiger partial charge in [0.25, 0.3) is 0 Å². The van der Waals surface area contributed by atoms with Crippen molar-refractivity contribution in [1.82, 2.24) is 10.2 Å². The number of hydrogen-bond acceptors (Lipinski definition) is 6. The molecule has 0 aromatic heterocycles. The summed E-state index contributed by atoms with van der Waals surface area (Å²) >= 11 is 1.56. The van der Waals surface area contributed by atoms with Crippen molar-refractivity contribution in [3.8, 4) is 6.07 Å².